The number of nitrogens with one attached hydrogen (secondary N) is 1. The SMILES string of the molecule is CC(C)OC(=O)CNC(=O)c1ccccc1OCc1ccccc1Cl. The maximum atomic E-state index is 12.3. The van der Waals surface area contributed by atoms with Crippen molar-refractivity contribution in [3.05, 3.63) is 64.7 Å². The van der Waals surface area contributed by atoms with Gasteiger partial charge in [0, 0.05) is 10.6 Å². The van der Waals surface area contributed by atoms with E-state index in [2.05, 4.69) is 5.32 Å². The van der Waals surface area contributed by atoms with Crippen LogP contribution in [0.25, 0.3) is 0 Å². The molecule has 132 valence electrons. The van der Waals surface area contributed by atoms with Crippen molar-refractivity contribution in [3.63, 3.8) is 0 Å². The predicted molar refractivity (Wildman–Crippen MR) is 95.8 cm³/mol. The lowest BCUT2D eigenvalue weighted by atomic mass is 10.2. The molecule has 0 aliphatic carbocycles. The monoisotopic (exact) mass is 361 g/mol. The van der Waals surface area contributed by atoms with Crippen LogP contribution in [0.4, 0.5) is 0 Å². The van der Waals surface area contributed by atoms with Crippen molar-refractivity contribution in [3.8, 4) is 5.75 Å². The van der Waals surface area contributed by atoms with Crippen molar-refractivity contribution in [2.24, 2.45) is 0 Å². The molecular weight excluding hydrogens is 342 g/mol. The van der Waals surface area contributed by atoms with Gasteiger partial charge in [-0.1, -0.05) is 41.9 Å². The number of rotatable bonds is 7. The molecule has 2 aromatic carbocycles. The standard InChI is InChI=1S/C19H20ClNO4/c1-13(2)25-18(22)11-21-19(23)15-8-4-6-10-17(15)24-12-14-7-3-5-9-16(14)20/h3-10,13H,11-12H2,1-2H3,(H,21,23). The van der Waals surface area contributed by atoms with E-state index in [-0.39, 0.29) is 19.3 Å². The second kappa shape index (κ2) is 9.08. The molecule has 0 radical (unpaired) electrons. The van der Waals surface area contributed by atoms with Gasteiger partial charge in [-0.25, -0.2) is 0 Å². The van der Waals surface area contributed by atoms with Crippen LogP contribution in [-0.4, -0.2) is 24.5 Å². The molecular formula is C19H20ClNO4. The Hall–Kier alpha value is -2.53. The van der Waals surface area contributed by atoms with Crippen LogP contribution in [-0.2, 0) is 16.1 Å². The first-order valence-electron chi connectivity index (χ1n) is 7.90. The number of hydrogen-bond donors (Lipinski definition) is 1. The van der Waals surface area contributed by atoms with Crippen LogP contribution < -0.4 is 10.1 Å². The molecule has 0 heterocycles. The lowest BCUT2D eigenvalue weighted by Gasteiger charge is -2.13. The largest absolute Gasteiger partial charge is 0.488 e. The van der Waals surface area contributed by atoms with E-state index < -0.39 is 11.9 Å². The van der Waals surface area contributed by atoms with Crippen LogP contribution in [0, 0.1) is 0 Å². The van der Waals surface area contributed by atoms with Gasteiger partial charge in [0.2, 0.25) is 0 Å². The highest BCUT2D eigenvalue weighted by Gasteiger charge is 2.14. The van der Waals surface area contributed by atoms with E-state index >= 15 is 0 Å². The fraction of sp³-hybridized carbons (Fsp3) is 0.263. The van der Waals surface area contributed by atoms with Gasteiger partial charge < -0.3 is 14.8 Å². The predicted octanol–water partition coefficient (Wildman–Crippen LogP) is 3.60. The van der Waals surface area contributed by atoms with Gasteiger partial charge in [0.25, 0.3) is 5.91 Å². The van der Waals surface area contributed by atoms with E-state index in [1.54, 1.807) is 44.2 Å². The van der Waals surface area contributed by atoms with Crippen LogP contribution in [0.1, 0.15) is 29.8 Å². The summed E-state index contributed by atoms with van der Waals surface area (Å²) in [5, 5.41) is 3.13. The third-order valence-corrected chi connectivity index (χ3v) is 3.60. The molecule has 2 aromatic rings. The molecule has 5 nitrogen and oxygen atoms in total. The first-order chi connectivity index (χ1) is 12.0. The average Bonchev–Trinajstić information content (AvgIpc) is 2.58. The molecule has 0 fully saturated rings. The van der Waals surface area contributed by atoms with Crippen molar-refractivity contribution in [2.45, 2.75) is 26.6 Å². The molecule has 0 unspecified atom stereocenters. The molecule has 0 saturated heterocycles. The number of halogens is 1. The number of hydrogen-bond acceptors (Lipinski definition) is 4. The molecule has 25 heavy (non-hydrogen) atoms. The number of carbonyl (C=O) groups excluding carboxylic acids is 2. The maximum Gasteiger partial charge on any atom is 0.325 e. The summed E-state index contributed by atoms with van der Waals surface area (Å²) in [6.45, 7) is 3.53. The highest BCUT2D eigenvalue weighted by Crippen LogP contribution is 2.21. The van der Waals surface area contributed by atoms with Crippen molar-refractivity contribution in [2.75, 3.05) is 6.54 Å². The van der Waals surface area contributed by atoms with E-state index in [0.29, 0.717) is 16.3 Å². The summed E-state index contributed by atoms with van der Waals surface area (Å²) >= 11 is 6.11. The van der Waals surface area contributed by atoms with Crippen LogP contribution in [0.3, 0.4) is 0 Å². The summed E-state index contributed by atoms with van der Waals surface area (Å²) in [6, 6.07) is 14.2. The lowest BCUT2D eigenvalue weighted by Crippen LogP contribution is -2.31. The van der Waals surface area contributed by atoms with Gasteiger partial charge in [-0.2, -0.15) is 0 Å². The fourth-order valence-corrected chi connectivity index (χ4v) is 2.29. The number of para-hydroxylation sites is 1. The maximum absolute atomic E-state index is 12.3. The highest BCUT2D eigenvalue weighted by atomic mass is 35.5. The molecule has 0 aromatic heterocycles. The van der Waals surface area contributed by atoms with Crippen LogP contribution in [0.15, 0.2) is 48.5 Å². The van der Waals surface area contributed by atoms with Gasteiger partial charge in [-0.3, -0.25) is 9.59 Å². The molecule has 6 heteroatoms. The second-order valence-corrected chi connectivity index (χ2v) is 6.00. The number of carbonyl (C=O) groups is 2. The van der Waals surface area contributed by atoms with Crippen LogP contribution >= 0.6 is 11.6 Å². The van der Waals surface area contributed by atoms with E-state index in [4.69, 9.17) is 21.1 Å². The smallest absolute Gasteiger partial charge is 0.325 e. The lowest BCUT2D eigenvalue weighted by molar-refractivity contribution is -0.146. The van der Waals surface area contributed by atoms with Crippen molar-refractivity contribution < 1.29 is 19.1 Å². The normalized spacial score (nSPS) is 10.4. The minimum Gasteiger partial charge on any atom is -0.488 e. The average molecular weight is 362 g/mol. The Bertz CT molecular complexity index is 746. The van der Waals surface area contributed by atoms with Crippen molar-refractivity contribution >= 4 is 23.5 Å². The van der Waals surface area contributed by atoms with Crippen molar-refractivity contribution in [1.29, 1.82) is 0 Å². The zero-order valence-electron chi connectivity index (χ0n) is 14.1. The minimum atomic E-state index is -0.488. The summed E-state index contributed by atoms with van der Waals surface area (Å²) < 4.78 is 10.7. The summed E-state index contributed by atoms with van der Waals surface area (Å²) in [7, 11) is 0. The zero-order valence-corrected chi connectivity index (χ0v) is 14.9. The quantitative estimate of drug-likeness (QED) is 0.765. The number of esters is 1. The Morgan fingerprint density at radius 3 is 2.48 bits per heavy atom. The van der Waals surface area contributed by atoms with E-state index in [1.165, 1.54) is 0 Å². The van der Waals surface area contributed by atoms with Gasteiger partial charge in [-0.15, -0.1) is 0 Å². The van der Waals surface area contributed by atoms with E-state index in [1.807, 2.05) is 18.2 Å². The van der Waals surface area contributed by atoms with E-state index in [0.717, 1.165) is 5.56 Å². The van der Waals surface area contributed by atoms with Crippen molar-refractivity contribution in [1.82, 2.24) is 5.32 Å². The Kier molecular flexibility index (Phi) is 6.83. The molecule has 0 aliphatic rings. The molecule has 2 rings (SSSR count). The second-order valence-electron chi connectivity index (χ2n) is 5.60. The highest BCUT2D eigenvalue weighted by molar-refractivity contribution is 6.31. The molecule has 1 amide bonds. The Morgan fingerprint density at radius 1 is 1.08 bits per heavy atom. The number of benzene rings is 2. The number of ether oxygens (including phenoxy) is 2. The first kappa shape index (κ1) is 18.8. The van der Waals surface area contributed by atoms with Gasteiger partial charge >= 0.3 is 5.97 Å². The fourth-order valence-electron chi connectivity index (χ4n) is 2.10. The molecule has 1 N–H and O–H groups in total. The Morgan fingerprint density at radius 2 is 1.76 bits per heavy atom. The van der Waals surface area contributed by atoms with Gasteiger partial charge in [0.05, 0.1) is 11.7 Å². The Balaban J connectivity index is 2.01. The summed E-state index contributed by atoms with van der Waals surface area (Å²) in [4.78, 5) is 23.8. The van der Waals surface area contributed by atoms with Crippen LogP contribution in [0.5, 0.6) is 5.75 Å². The topological polar surface area (TPSA) is 64.6 Å². The summed E-state index contributed by atoms with van der Waals surface area (Å²) in [6.07, 6.45) is -0.226. The molecule has 0 aliphatic heterocycles. The third kappa shape index (κ3) is 5.80. The molecule has 0 bridgehead atoms. The zero-order chi connectivity index (χ0) is 18.2. The minimum absolute atomic E-state index is 0.199. The van der Waals surface area contributed by atoms with Gasteiger partial charge in [-0.05, 0) is 32.0 Å². The van der Waals surface area contributed by atoms with Crippen LogP contribution in [0.2, 0.25) is 5.02 Å². The molecule has 0 atom stereocenters. The summed E-state index contributed by atoms with van der Waals surface area (Å²) in [5.41, 5.74) is 1.16. The Labute approximate surface area is 151 Å². The molecule has 0 spiro atoms. The third-order valence-electron chi connectivity index (χ3n) is 3.23. The van der Waals surface area contributed by atoms with Gasteiger partial charge in [0.1, 0.15) is 18.9 Å². The number of amides is 1. The molecule has 0 saturated carbocycles. The first-order valence-corrected chi connectivity index (χ1v) is 8.28. The van der Waals surface area contributed by atoms with E-state index in [9.17, 15) is 9.59 Å². The van der Waals surface area contributed by atoms with Gasteiger partial charge in [0.15, 0.2) is 0 Å². The summed E-state index contributed by atoms with van der Waals surface area (Å²) in [5.74, 6) is -0.481.